The molecular weight excluding hydrogens is 436 g/mol. The van der Waals surface area contributed by atoms with E-state index in [1.807, 2.05) is 18.2 Å². The highest BCUT2D eigenvalue weighted by Crippen LogP contribution is 2.36. The monoisotopic (exact) mass is 468 g/mol. The molecule has 0 unspecified atom stereocenters. The third-order valence-corrected chi connectivity index (χ3v) is 7.16. The molecule has 3 N–H and O–H groups in total. The maximum Gasteiger partial charge on any atom is 0.251 e. The summed E-state index contributed by atoms with van der Waals surface area (Å²) in [6.07, 6.45) is 1.96. The van der Waals surface area contributed by atoms with E-state index in [1.165, 1.54) is 0 Å². The summed E-state index contributed by atoms with van der Waals surface area (Å²) in [5, 5.41) is 2.96. The van der Waals surface area contributed by atoms with Crippen LogP contribution in [-0.4, -0.2) is 56.5 Å². The number of ether oxygens (including phenoxy) is 1. The van der Waals surface area contributed by atoms with Crippen LogP contribution in [0.5, 0.6) is 0 Å². The topological polar surface area (TPSA) is 87.9 Å². The lowest BCUT2D eigenvalue weighted by Gasteiger charge is -2.29. The molecule has 0 radical (unpaired) electrons. The van der Waals surface area contributed by atoms with Gasteiger partial charge in [-0.15, -0.1) is 11.8 Å². The van der Waals surface area contributed by atoms with Gasteiger partial charge < -0.3 is 25.6 Å². The number of nitrogens with two attached hydrogens (primary N) is 1. The first-order valence-electron chi connectivity index (χ1n) is 11.6. The summed E-state index contributed by atoms with van der Waals surface area (Å²) in [6, 6.07) is 13.3. The molecule has 0 aromatic heterocycles. The minimum absolute atomic E-state index is 0.118. The van der Waals surface area contributed by atoms with Crippen LogP contribution in [0.25, 0.3) is 0 Å². The zero-order chi connectivity index (χ0) is 23.2. The Hall–Kier alpha value is -2.55. The van der Waals surface area contributed by atoms with Gasteiger partial charge in [-0.1, -0.05) is 25.5 Å². The van der Waals surface area contributed by atoms with E-state index in [0.717, 1.165) is 61.0 Å². The highest BCUT2D eigenvalue weighted by Gasteiger charge is 2.29. The highest BCUT2D eigenvalue weighted by atomic mass is 32.2. The number of nitrogens with zero attached hydrogens (tertiary/aromatic N) is 2. The van der Waals surface area contributed by atoms with Crippen LogP contribution < -0.4 is 20.9 Å². The van der Waals surface area contributed by atoms with E-state index in [9.17, 15) is 9.59 Å². The average Bonchev–Trinajstić information content (AvgIpc) is 2.97. The summed E-state index contributed by atoms with van der Waals surface area (Å²) >= 11 is 1.56. The number of unbranched alkanes of at least 4 members (excludes halogenated alkanes) is 1. The van der Waals surface area contributed by atoms with Crippen LogP contribution in [-0.2, 0) is 16.1 Å². The molecular formula is C25H32N4O3S. The fourth-order valence-corrected chi connectivity index (χ4v) is 5.00. The first-order valence-corrected chi connectivity index (χ1v) is 12.6. The Morgan fingerprint density at radius 2 is 1.94 bits per heavy atom. The Morgan fingerprint density at radius 3 is 2.67 bits per heavy atom. The fraction of sp³-hybridized carbons (Fsp3) is 0.440. The van der Waals surface area contributed by atoms with E-state index in [0.29, 0.717) is 24.4 Å². The average molecular weight is 469 g/mol. The Kier molecular flexibility index (Phi) is 7.90. The number of amides is 2. The third-order valence-electron chi connectivity index (χ3n) is 5.98. The number of rotatable bonds is 7. The number of benzene rings is 2. The number of hydrogen-bond acceptors (Lipinski definition) is 6. The molecule has 33 heavy (non-hydrogen) atoms. The number of anilines is 2. The van der Waals surface area contributed by atoms with Gasteiger partial charge in [0.25, 0.3) is 5.91 Å². The van der Waals surface area contributed by atoms with E-state index in [-0.39, 0.29) is 11.8 Å². The maximum absolute atomic E-state index is 13.2. The summed E-state index contributed by atoms with van der Waals surface area (Å²) in [5.74, 6) is 0.273. The second-order valence-corrected chi connectivity index (χ2v) is 9.46. The van der Waals surface area contributed by atoms with Gasteiger partial charge in [-0.05, 0) is 42.3 Å². The second-order valence-electron chi connectivity index (χ2n) is 8.40. The van der Waals surface area contributed by atoms with Gasteiger partial charge in [0.05, 0.1) is 31.5 Å². The van der Waals surface area contributed by atoms with Gasteiger partial charge >= 0.3 is 0 Å². The molecule has 0 bridgehead atoms. The molecule has 1 atom stereocenters. The van der Waals surface area contributed by atoms with Crippen molar-refractivity contribution in [1.29, 1.82) is 0 Å². The van der Waals surface area contributed by atoms with Crippen LogP contribution in [0, 0.1) is 0 Å². The number of carbonyl (C=O) groups excluding carboxylic acids is 2. The zero-order valence-corrected chi connectivity index (χ0v) is 19.9. The largest absolute Gasteiger partial charge is 0.378 e. The van der Waals surface area contributed by atoms with Crippen LogP contribution in [0.1, 0.15) is 35.7 Å². The van der Waals surface area contributed by atoms with Gasteiger partial charge in [0, 0.05) is 41.5 Å². The molecule has 176 valence electrons. The Bertz CT molecular complexity index is 976. The van der Waals surface area contributed by atoms with Crippen molar-refractivity contribution in [2.45, 2.75) is 37.2 Å². The van der Waals surface area contributed by atoms with Crippen molar-refractivity contribution >= 4 is 35.0 Å². The SMILES string of the molecule is CCCCNC(=O)c1ccc2c(c1)N(Cc1ccc(N3CCOCC3)cc1)C(=O)[C@@H](N)CS2. The smallest absolute Gasteiger partial charge is 0.251 e. The van der Waals surface area contributed by atoms with Crippen molar-refractivity contribution in [2.75, 3.05) is 48.4 Å². The quantitative estimate of drug-likeness (QED) is 0.608. The molecule has 1 fully saturated rings. The number of morpholine rings is 1. The standard InChI is InChI=1S/C25H32N4O3S/c1-2-3-10-27-24(30)19-6-9-23-22(15-19)29(25(31)21(26)17-33-23)16-18-4-7-20(8-5-18)28-11-13-32-14-12-28/h4-9,15,21H,2-3,10-14,16-17,26H2,1H3,(H,27,30)/t21-/m0/s1. The van der Waals surface area contributed by atoms with Crippen LogP contribution in [0.3, 0.4) is 0 Å². The molecule has 2 heterocycles. The molecule has 2 aliphatic heterocycles. The van der Waals surface area contributed by atoms with Gasteiger partial charge in [0.1, 0.15) is 0 Å². The van der Waals surface area contributed by atoms with E-state index in [1.54, 1.807) is 16.7 Å². The summed E-state index contributed by atoms with van der Waals surface area (Å²) in [4.78, 5) is 30.8. The van der Waals surface area contributed by atoms with Gasteiger partial charge in [-0.3, -0.25) is 9.59 Å². The molecule has 0 saturated carbocycles. The zero-order valence-electron chi connectivity index (χ0n) is 19.1. The molecule has 2 aromatic carbocycles. The van der Waals surface area contributed by atoms with Crippen molar-refractivity contribution in [2.24, 2.45) is 5.73 Å². The lowest BCUT2D eigenvalue weighted by Crippen LogP contribution is -2.44. The summed E-state index contributed by atoms with van der Waals surface area (Å²) in [6.45, 7) is 6.38. The Labute approximate surface area is 199 Å². The first-order chi connectivity index (χ1) is 16.1. The second kappa shape index (κ2) is 11.0. The third kappa shape index (κ3) is 5.69. The van der Waals surface area contributed by atoms with Crippen molar-refractivity contribution in [3.8, 4) is 0 Å². The number of hydrogen-bond donors (Lipinski definition) is 2. The number of carbonyl (C=O) groups is 2. The van der Waals surface area contributed by atoms with Crippen LogP contribution in [0.4, 0.5) is 11.4 Å². The molecule has 2 aliphatic rings. The van der Waals surface area contributed by atoms with E-state index in [2.05, 4.69) is 41.4 Å². The molecule has 1 saturated heterocycles. The Balaban J connectivity index is 1.56. The van der Waals surface area contributed by atoms with Crippen molar-refractivity contribution in [1.82, 2.24) is 5.32 Å². The summed E-state index contributed by atoms with van der Waals surface area (Å²) in [5.41, 5.74) is 9.67. The lowest BCUT2D eigenvalue weighted by molar-refractivity contribution is -0.119. The molecule has 0 spiro atoms. The van der Waals surface area contributed by atoms with Crippen LogP contribution in [0.15, 0.2) is 47.4 Å². The highest BCUT2D eigenvalue weighted by molar-refractivity contribution is 7.99. The Morgan fingerprint density at radius 1 is 1.18 bits per heavy atom. The molecule has 0 aliphatic carbocycles. The maximum atomic E-state index is 13.2. The normalized spacial score (nSPS) is 18.6. The molecule has 4 rings (SSSR count). The van der Waals surface area contributed by atoms with Crippen molar-refractivity contribution in [3.05, 3.63) is 53.6 Å². The predicted octanol–water partition coefficient (Wildman–Crippen LogP) is 3.02. The van der Waals surface area contributed by atoms with E-state index >= 15 is 0 Å². The molecule has 2 amide bonds. The summed E-state index contributed by atoms with van der Waals surface area (Å²) in [7, 11) is 0. The van der Waals surface area contributed by atoms with Crippen molar-refractivity contribution < 1.29 is 14.3 Å². The lowest BCUT2D eigenvalue weighted by atomic mass is 10.1. The first kappa shape index (κ1) is 23.6. The fourth-order valence-electron chi connectivity index (χ4n) is 4.02. The van der Waals surface area contributed by atoms with Crippen LogP contribution >= 0.6 is 11.8 Å². The number of fused-ring (bicyclic) bond motifs is 1. The van der Waals surface area contributed by atoms with E-state index < -0.39 is 6.04 Å². The van der Waals surface area contributed by atoms with Gasteiger partial charge in [-0.2, -0.15) is 0 Å². The van der Waals surface area contributed by atoms with E-state index in [4.69, 9.17) is 10.5 Å². The predicted molar refractivity (Wildman–Crippen MR) is 133 cm³/mol. The summed E-state index contributed by atoms with van der Waals surface area (Å²) < 4.78 is 5.44. The molecule has 2 aromatic rings. The molecule has 8 heteroatoms. The van der Waals surface area contributed by atoms with Gasteiger partial charge in [0.15, 0.2) is 0 Å². The minimum atomic E-state index is -0.586. The number of nitrogens with one attached hydrogen (secondary N) is 1. The van der Waals surface area contributed by atoms with Gasteiger partial charge in [0.2, 0.25) is 5.91 Å². The van der Waals surface area contributed by atoms with Gasteiger partial charge in [-0.25, -0.2) is 0 Å². The van der Waals surface area contributed by atoms with Crippen molar-refractivity contribution in [3.63, 3.8) is 0 Å². The van der Waals surface area contributed by atoms with Crippen LogP contribution in [0.2, 0.25) is 0 Å². The molecule has 7 nitrogen and oxygen atoms in total. The number of thioether (sulfide) groups is 1. The minimum Gasteiger partial charge on any atom is -0.378 e.